The predicted octanol–water partition coefficient (Wildman–Crippen LogP) is 4.71. The number of carbonyl (C=O) groups is 1. The van der Waals surface area contributed by atoms with Crippen molar-refractivity contribution in [2.24, 2.45) is 0 Å². The molecule has 0 aliphatic heterocycles. The predicted molar refractivity (Wildman–Crippen MR) is 110 cm³/mol. The summed E-state index contributed by atoms with van der Waals surface area (Å²) < 4.78 is 4.23. The van der Waals surface area contributed by atoms with E-state index < -0.39 is 11.6 Å². The van der Waals surface area contributed by atoms with Crippen molar-refractivity contribution in [3.8, 4) is 0 Å². The zero-order chi connectivity index (χ0) is 19.7. The Balaban J connectivity index is 0.000000279. The molecule has 0 aliphatic carbocycles. The van der Waals surface area contributed by atoms with Gasteiger partial charge < -0.3 is 9.84 Å². The van der Waals surface area contributed by atoms with E-state index in [0.717, 1.165) is 0 Å². The lowest BCUT2D eigenvalue weighted by atomic mass is 10.1. The second kappa shape index (κ2) is 9.95. The van der Waals surface area contributed by atoms with E-state index in [1.807, 2.05) is 0 Å². The molecule has 3 nitrogen and oxygen atoms in total. The molecule has 3 rings (SSSR count). The highest BCUT2D eigenvalue weighted by Gasteiger charge is 2.27. The van der Waals surface area contributed by atoms with Gasteiger partial charge in [-0.3, -0.25) is 0 Å². The molecule has 3 aromatic rings. The number of hydrogen-bond acceptors (Lipinski definition) is 3. The second-order valence-electron chi connectivity index (χ2n) is 6.30. The van der Waals surface area contributed by atoms with Crippen molar-refractivity contribution in [2.75, 3.05) is 7.11 Å². The van der Waals surface area contributed by atoms with Crippen LogP contribution in [0.3, 0.4) is 0 Å². The van der Waals surface area contributed by atoms with Gasteiger partial charge in [-0.15, -0.1) is 0 Å². The topological polar surface area (TPSA) is 46.5 Å². The quantitative estimate of drug-likeness (QED) is 0.526. The summed E-state index contributed by atoms with van der Waals surface area (Å²) in [4.78, 5) is 14.4. The van der Waals surface area contributed by atoms with Crippen LogP contribution in [-0.4, -0.2) is 23.8 Å². The van der Waals surface area contributed by atoms with Gasteiger partial charge in [-0.2, -0.15) is 0 Å². The molecule has 0 aromatic heterocycles. The van der Waals surface area contributed by atoms with Crippen LogP contribution < -0.4 is 0 Å². The van der Waals surface area contributed by atoms with E-state index in [-0.39, 0.29) is 10.9 Å². The summed E-state index contributed by atoms with van der Waals surface area (Å²) in [5.74, 6) is -0.613. The molecule has 0 atom stereocenters. The molecule has 4 heteroatoms. The van der Waals surface area contributed by atoms with Crippen molar-refractivity contribution >= 4 is 16.9 Å². The summed E-state index contributed by atoms with van der Waals surface area (Å²) in [6.45, 7) is 2.75. The van der Waals surface area contributed by atoms with Crippen LogP contribution >= 0.6 is 0 Å². The van der Waals surface area contributed by atoms with Crippen molar-refractivity contribution in [2.45, 2.75) is 34.1 Å². The molecular weight excluding hydrogens is 356 g/mol. The van der Waals surface area contributed by atoms with Gasteiger partial charge in [0.25, 0.3) is 0 Å². The van der Waals surface area contributed by atoms with Gasteiger partial charge in [0, 0.05) is 0 Å². The monoisotopic (exact) mass is 381 g/mol. The third kappa shape index (κ3) is 6.27. The maximum Gasteiger partial charge on any atom is 0.337 e. The molecule has 0 unspecified atom stereocenters. The molecule has 0 saturated heterocycles. The fourth-order valence-corrected chi connectivity index (χ4v) is 4.43. The molecule has 140 valence electrons. The van der Waals surface area contributed by atoms with Gasteiger partial charge in [0.2, 0.25) is 0 Å². The van der Waals surface area contributed by atoms with Crippen LogP contribution in [-0.2, 0) is 20.4 Å². The van der Waals surface area contributed by atoms with Crippen molar-refractivity contribution in [1.29, 1.82) is 0 Å². The Morgan fingerprint density at radius 3 is 1.22 bits per heavy atom. The number of hydrogen-bond donors (Lipinski definition) is 1. The van der Waals surface area contributed by atoms with Crippen molar-refractivity contribution in [1.82, 2.24) is 0 Å². The fourth-order valence-electron chi connectivity index (χ4n) is 2.33. The normalized spacial score (nSPS) is 10.7. The van der Waals surface area contributed by atoms with Crippen LogP contribution in [0.4, 0.5) is 0 Å². The van der Waals surface area contributed by atoms with Crippen molar-refractivity contribution in [3.05, 3.63) is 91.0 Å². The average molecular weight is 382 g/mol. The number of rotatable bonds is 4. The summed E-state index contributed by atoms with van der Waals surface area (Å²) in [6.07, 6.45) is 0. The minimum Gasteiger partial charge on any atom is -0.467 e. The minimum atomic E-state index is -1.35. The van der Waals surface area contributed by atoms with Gasteiger partial charge in [-0.1, -0.05) is 54.6 Å². The smallest absolute Gasteiger partial charge is 0.337 e. The SMILES string of the molecule is COC(=O)C(C)(C)O.c1ccc([S+](c2ccccc2)c2ccccc2)cc1. The van der Waals surface area contributed by atoms with E-state index in [1.165, 1.54) is 35.6 Å². The van der Waals surface area contributed by atoms with E-state index in [0.29, 0.717) is 0 Å². The van der Waals surface area contributed by atoms with E-state index in [1.54, 1.807) is 0 Å². The van der Waals surface area contributed by atoms with Crippen molar-refractivity contribution < 1.29 is 14.6 Å². The Hall–Kier alpha value is -2.56. The number of methoxy groups -OCH3 is 1. The largest absolute Gasteiger partial charge is 0.467 e. The molecule has 0 aliphatic rings. The Labute approximate surface area is 164 Å². The summed E-state index contributed by atoms with van der Waals surface area (Å²) in [7, 11) is 1.22. The third-order valence-electron chi connectivity index (χ3n) is 3.62. The Bertz CT molecular complexity index is 719. The Morgan fingerprint density at radius 2 is 1.04 bits per heavy atom. The Morgan fingerprint density at radius 1 is 0.741 bits per heavy atom. The maximum atomic E-state index is 10.4. The lowest BCUT2D eigenvalue weighted by Crippen LogP contribution is -2.31. The molecular formula is C23H25O3S+. The highest BCUT2D eigenvalue weighted by molar-refractivity contribution is 7.97. The summed E-state index contributed by atoms with van der Waals surface area (Å²) >= 11 is 0. The van der Waals surface area contributed by atoms with Crippen LogP contribution in [0.1, 0.15) is 13.8 Å². The van der Waals surface area contributed by atoms with Gasteiger partial charge in [0.15, 0.2) is 20.3 Å². The van der Waals surface area contributed by atoms with Gasteiger partial charge >= 0.3 is 5.97 Å². The number of ether oxygens (including phenoxy) is 1. The van der Waals surface area contributed by atoms with Crippen LogP contribution in [0.15, 0.2) is 106 Å². The van der Waals surface area contributed by atoms with Crippen LogP contribution in [0.2, 0.25) is 0 Å². The fraction of sp³-hybridized carbons (Fsp3) is 0.174. The van der Waals surface area contributed by atoms with Crippen LogP contribution in [0.25, 0.3) is 0 Å². The third-order valence-corrected chi connectivity index (χ3v) is 5.85. The van der Waals surface area contributed by atoms with Crippen molar-refractivity contribution in [3.63, 3.8) is 0 Å². The second-order valence-corrected chi connectivity index (χ2v) is 8.32. The molecule has 0 bridgehead atoms. The van der Waals surface area contributed by atoms with Crippen LogP contribution in [0, 0.1) is 0 Å². The molecule has 0 radical (unpaired) electrons. The standard InChI is InChI=1S/C18H15S.C5H10O3/c1-4-10-16(11-5-1)19(17-12-6-2-7-13-17)18-14-8-3-9-15-18;1-5(2,7)4(6)8-3/h1-15H;7H,1-3H3/q+1;. The molecule has 1 N–H and O–H groups in total. The van der Waals surface area contributed by atoms with E-state index in [2.05, 4.69) is 95.7 Å². The molecule has 0 amide bonds. The summed E-state index contributed by atoms with van der Waals surface area (Å²) in [6, 6.07) is 32.2. The highest BCUT2D eigenvalue weighted by atomic mass is 32.2. The van der Waals surface area contributed by atoms with Gasteiger partial charge in [0.1, 0.15) is 0 Å². The lowest BCUT2D eigenvalue weighted by Gasteiger charge is -2.12. The zero-order valence-electron chi connectivity index (χ0n) is 15.8. The first-order valence-electron chi connectivity index (χ1n) is 8.63. The zero-order valence-corrected chi connectivity index (χ0v) is 16.6. The van der Waals surface area contributed by atoms with E-state index in [9.17, 15) is 4.79 Å². The number of aliphatic hydroxyl groups is 1. The van der Waals surface area contributed by atoms with Gasteiger partial charge in [0.05, 0.1) is 18.0 Å². The summed E-state index contributed by atoms with van der Waals surface area (Å²) in [5, 5.41) is 8.81. The molecule has 0 saturated carbocycles. The van der Waals surface area contributed by atoms with E-state index in [4.69, 9.17) is 5.11 Å². The van der Waals surface area contributed by atoms with Crippen LogP contribution in [0.5, 0.6) is 0 Å². The number of benzene rings is 3. The average Bonchev–Trinajstić information content (AvgIpc) is 2.70. The molecule has 3 aromatic carbocycles. The Kier molecular flexibility index (Phi) is 7.65. The number of esters is 1. The highest BCUT2D eigenvalue weighted by Crippen LogP contribution is 2.30. The first-order valence-corrected chi connectivity index (χ1v) is 9.86. The number of carbonyl (C=O) groups excluding carboxylic acids is 1. The van der Waals surface area contributed by atoms with E-state index >= 15 is 0 Å². The summed E-state index contributed by atoms with van der Waals surface area (Å²) in [5.41, 5.74) is -1.35. The van der Waals surface area contributed by atoms with Gasteiger partial charge in [-0.05, 0) is 50.2 Å². The lowest BCUT2D eigenvalue weighted by molar-refractivity contribution is -0.158. The van der Waals surface area contributed by atoms with Gasteiger partial charge in [-0.25, -0.2) is 4.79 Å². The minimum absolute atomic E-state index is 0.0146. The maximum absolute atomic E-state index is 10.4. The first kappa shape index (κ1) is 20.7. The molecule has 0 fully saturated rings. The molecule has 0 heterocycles. The molecule has 0 spiro atoms. The molecule has 27 heavy (non-hydrogen) atoms. The first-order chi connectivity index (χ1) is 12.9.